The van der Waals surface area contributed by atoms with Crippen molar-refractivity contribution in [3.63, 3.8) is 0 Å². The Kier molecular flexibility index (Phi) is 4.95. The van der Waals surface area contributed by atoms with Crippen LogP contribution < -0.4 is 11.2 Å². The number of halogens is 1. The lowest BCUT2D eigenvalue weighted by molar-refractivity contribution is -0.0460. The molecule has 1 fully saturated rings. The van der Waals surface area contributed by atoms with Crippen molar-refractivity contribution in [2.24, 2.45) is 0 Å². The molecule has 22 heavy (non-hydrogen) atoms. The molecular formula is C10H14FN2O8P. The quantitative estimate of drug-likeness (QED) is 0.585. The summed E-state index contributed by atoms with van der Waals surface area (Å²) in [5, 5.41) is 9.81. The number of nitrogens with zero attached hydrogens (tertiary/aromatic N) is 1. The summed E-state index contributed by atoms with van der Waals surface area (Å²) in [5.74, 6) is -1.18. The van der Waals surface area contributed by atoms with Crippen LogP contribution in [-0.2, 0) is 18.3 Å². The third-order valence-electron chi connectivity index (χ3n) is 3.07. The first-order valence-corrected chi connectivity index (χ1v) is 7.60. The zero-order chi connectivity index (χ0) is 16.5. The van der Waals surface area contributed by atoms with Gasteiger partial charge in [0.25, 0.3) is 5.56 Å². The number of aromatic amines is 1. The molecule has 0 saturated carbocycles. The first-order valence-electron chi connectivity index (χ1n) is 6.11. The molecule has 0 amide bonds. The molecule has 3 N–H and O–H groups in total. The number of H-pyrrole nitrogens is 1. The molecule has 124 valence electrons. The number of aliphatic hydroxyl groups excluding tert-OH is 1. The molecule has 1 aliphatic heterocycles. The Hall–Kier alpha value is -1.36. The van der Waals surface area contributed by atoms with Gasteiger partial charge in [-0.2, -0.15) is 4.39 Å². The van der Waals surface area contributed by atoms with Gasteiger partial charge >= 0.3 is 13.5 Å². The van der Waals surface area contributed by atoms with E-state index in [2.05, 4.69) is 9.05 Å². The molecule has 4 unspecified atom stereocenters. The van der Waals surface area contributed by atoms with Crippen molar-refractivity contribution < 1.29 is 32.7 Å². The van der Waals surface area contributed by atoms with Gasteiger partial charge in [0.05, 0.1) is 18.9 Å². The van der Waals surface area contributed by atoms with Gasteiger partial charge in [-0.05, 0) is 0 Å². The highest BCUT2D eigenvalue weighted by Gasteiger charge is 2.37. The van der Waals surface area contributed by atoms with Gasteiger partial charge in [0, 0.05) is 13.5 Å². The summed E-state index contributed by atoms with van der Waals surface area (Å²) in [6, 6.07) is 0. The Morgan fingerprint density at radius 1 is 1.59 bits per heavy atom. The van der Waals surface area contributed by atoms with Gasteiger partial charge in [-0.15, -0.1) is 0 Å². The highest BCUT2D eigenvalue weighted by atomic mass is 31.2. The van der Waals surface area contributed by atoms with E-state index in [1.165, 1.54) is 0 Å². The van der Waals surface area contributed by atoms with Gasteiger partial charge in [0.1, 0.15) is 12.3 Å². The number of hydrogen-bond donors (Lipinski definition) is 3. The lowest BCUT2D eigenvalue weighted by Gasteiger charge is -2.17. The zero-order valence-corrected chi connectivity index (χ0v) is 12.2. The minimum absolute atomic E-state index is 0.0951. The van der Waals surface area contributed by atoms with E-state index in [0.29, 0.717) is 6.20 Å². The van der Waals surface area contributed by atoms with Crippen molar-refractivity contribution in [1.82, 2.24) is 9.55 Å². The third kappa shape index (κ3) is 3.69. The Labute approximate surface area is 122 Å². The van der Waals surface area contributed by atoms with Gasteiger partial charge in [-0.1, -0.05) is 0 Å². The van der Waals surface area contributed by atoms with E-state index < -0.39 is 49.9 Å². The number of aliphatic hydroxyl groups is 1. The second-order valence-electron chi connectivity index (χ2n) is 4.52. The smallest absolute Gasteiger partial charge is 0.390 e. The van der Waals surface area contributed by atoms with Crippen LogP contribution in [0.25, 0.3) is 0 Å². The number of ether oxygens (including phenoxy) is 1. The fourth-order valence-corrected chi connectivity index (χ4v) is 2.37. The first-order chi connectivity index (χ1) is 10.2. The van der Waals surface area contributed by atoms with Crippen LogP contribution >= 0.6 is 7.82 Å². The molecule has 1 aliphatic rings. The van der Waals surface area contributed by atoms with E-state index in [0.717, 1.165) is 11.7 Å². The molecule has 2 rings (SSSR count). The Morgan fingerprint density at radius 2 is 2.27 bits per heavy atom. The van der Waals surface area contributed by atoms with E-state index >= 15 is 0 Å². The van der Waals surface area contributed by atoms with Gasteiger partial charge in [-0.3, -0.25) is 23.4 Å². The van der Waals surface area contributed by atoms with Crippen molar-refractivity contribution in [3.8, 4) is 0 Å². The summed E-state index contributed by atoms with van der Waals surface area (Å²) >= 11 is 0. The van der Waals surface area contributed by atoms with Gasteiger partial charge < -0.3 is 14.7 Å². The predicted molar refractivity (Wildman–Crippen MR) is 68.6 cm³/mol. The van der Waals surface area contributed by atoms with Crippen LogP contribution in [0.2, 0.25) is 0 Å². The van der Waals surface area contributed by atoms with E-state index in [9.17, 15) is 23.7 Å². The number of phosphoric acid groups is 1. The number of nitrogens with one attached hydrogen (secondary N) is 1. The van der Waals surface area contributed by atoms with Crippen LogP contribution in [0.4, 0.5) is 4.39 Å². The molecule has 1 aromatic rings. The van der Waals surface area contributed by atoms with Crippen molar-refractivity contribution in [3.05, 3.63) is 32.9 Å². The van der Waals surface area contributed by atoms with Gasteiger partial charge in [-0.25, -0.2) is 9.36 Å². The Balaban J connectivity index is 2.11. The van der Waals surface area contributed by atoms with Crippen LogP contribution in [0.5, 0.6) is 0 Å². The van der Waals surface area contributed by atoms with Gasteiger partial charge in [0.2, 0.25) is 5.82 Å². The normalized spacial score (nSPS) is 27.7. The maximum absolute atomic E-state index is 13.2. The Bertz CT molecular complexity index is 703. The van der Waals surface area contributed by atoms with Crippen LogP contribution in [0.1, 0.15) is 12.6 Å². The molecule has 12 heteroatoms. The number of phosphoric ester groups is 1. The largest absolute Gasteiger partial charge is 0.472 e. The maximum atomic E-state index is 13.2. The van der Waals surface area contributed by atoms with E-state index in [4.69, 9.17) is 9.63 Å². The van der Waals surface area contributed by atoms with Crippen LogP contribution in [0, 0.1) is 5.82 Å². The fourth-order valence-electron chi connectivity index (χ4n) is 1.93. The molecule has 0 aromatic carbocycles. The first kappa shape index (κ1) is 17.0. The van der Waals surface area contributed by atoms with Crippen LogP contribution in [-0.4, -0.2) is 45.5 Å². The highest BCUT2D eigenvalue weighted by Crippen LogP contribution is 2.43. The summed E-state index contributed by atoms with van der Waals surface area (Å²) < 4.78 is 39.2. The molecule has 0 radical (unpaired) electrons. The monoisotopic (exact) mass is 340 g/mol. The standard InChI is InChI=1S/C10H14FN2O8P/c1-19-22(17,18)20-4-7-6(14)2-8(21-7)13-3-5(11)9(15)12-10(13)16/h3,6-8,14H,2,4H2,1H3,(H,17,18)(H,12,15,16). The number of rotatable bonds is 5. The average Bonchev–Trinajstić information content (AvgIpc) is 2.82. The number of aromatic nitrogens is 2. The van der Waals surface area contributed by atoms with Crippen molar-refractivity contribution >= 4 is 7.82 Å². The minimum atomic E-state index is -4.24. The third-order valence-corrected chi connectivity index (χ3v) is 4.01. The molecule has 0 aliphatic carbocycles. The second-order valence-corrected chi connectivity index (χ2v) is 6.08. The van der Waals surface area contributed by atoms with Crippen LogP contribution in [0.15, 0.2) is 15.8 Å². The summed E-state index contributed by atoms with van der Waals surface area (Å²) in [6.07, 6.45) is -2.63. The molecule has 2 heterocycles. The second kappa shape index (κ2) is 6.41. The molecule has 10 nitrogen and oxygen atoms in total. The molecule has 0 bridgehead atoms. The number of hydrogen-bond acceptors (Lipinski definition) is 7. The summed E-state index contributed by atoms with van der Waals surface area (Å²) in [5.41, 5.74) is -2.07. The SMILES string of the molecule is COP(=O)(O)OCC1OC(n2cc(F)c(=O)[nH]c2=O)CC1O. The zero-order valence-electron chi connectivity index (χ0n) is 11.3. The molecule has 1 saturated heterocycles. The average molecular weight is 340 g/mol. The topological polar surface area (TPSA) is 140 Å². The van der Waals surface area contributed by atoms with Crippen molar-refractivity contribution in [2.45, 2.75) is 24.9 Å². The molecule has 1 aromatic heterocycles. The lowest BCUT2D eigenvalue weighted by atomic mass is 10.2. The summed E-state index contributed by atoms with van der Waals surface area (Å²) in [7, 11) is -3.26. The van der Waals surface area contributed by atoms with Crippen molar-refractivity contribution in [1.29, 1.82) is 0 Å². The highest BCUT2D eigenvalue weighted by molar-refractivity contribution is 7.47. The van der Waals surface area contributed by atoms with E-state index in [-0.39, 0.29) is 6.42 Å². The molecular weight excluding hydrogens is 326 g/mol. The lowest BCUT2D eigenvalue weighted by Crippen LogP contribution is -2.34. The van der Waals surface area contributed by atoms with E-state index in [1.807, 2.05) is 0 Å². The summed E-state index contributed by atoms with van der Waals surface area (Å²) in [6.45, 7) is -0.472. The van der Waals surface area contributed by atoms with Crippen LogP contribution in [0.3, 0.4) is 0 Å². The molecule has 0 spiro atoms. The van der Waals surface area contributed by atoms with Crippen molar-refractivity contribution in [2.75, 3.05) is 13.7 Å². The molecule has 4 atom stereocenters. The van der Waals surface area contributed by atoms with Gasteiger partial charge in [0.15, 0.2) is 0 Å². The Morgan fingerprint density at radius 3 is 2.91 bits per heavy atom. The maximum Gasteiger partial charge on any atom is 0.472 e. The minimum Gasteiger partial charge on any atom is -0.390 e. The summed E-state index contributed by atoms with van der Waals surface area (Å²) in [4.78, 5) is 33.4. The fraction of sp³-hybridized carbons (Fsp3) is 0.600. The predicted octanol–water partition coefficient (Wildman–Crippen LogP) is -0.913. The van der Waals surface area contributed by atoms with E-state index in [1.54, 1.807) is 4.98 Å².